The highest BCUT2D eigenvalue weighted by molar-refractivity contribution is 5.36. The Morgan fingerprint density at radius 1 is 0.944 bits per heavy atom. The molecule has 2 aliphatic carbocycles. The minimum Gasteiger partial charge on any atom is -0.512 e. The molecular weight excluding hydrogens is 224 g/mol. The molecule has 0 aromatic carbocycles. The van der Waals surface area contributed by atoms with E-state index in [2.05, 4.69) is 32.1 Å². The lowest BCUT2D eigenvalue weighted by molar-refractivity contribution is 0.273. The van der Waals surface area contributed by atoms with Crippen LogP contribution in [-0.2, 0) is 4.74 Å². The summed E-state index contributed by atoms with van der Waals surface area (Å²) in [5.74, 6) is 1.55. The first-order valence-electron chi connectivity index (χ1n) is 6.57. The SMILES string of the molecule is COC1=CC=C(C(C)(C)C2=CC=C(O)CC2)CC1. The van der Waals surface area contributed by atoms with Gasteiger partial charge in [0.1, 0.15) is 0 Å². The molecule has 0 saturated carbocycles. The molecule has 2 aliphatic rings. The highest BCUT2D eigenvalue weighted by atomic mass is 16.5. The van der Waals surface area contributed by atoms with Gasteiger partial charge in [0.15, 0.2) is 0 Å². The lowest BCUT2D eigenvalue weighted by Gasteiger charge is -2.34. The molecule has 0 aromatic rings. The maximum atomic E-state index is 9.45. The second kappa shape index (κ2) is 5.05. The van der Waals surface area contributed by atoms with Crippen molar-refractivity contribution < 1.29 is 9.84 Å². The van der Waals surface area contributed by atoms with E-state index < -0.39 is 0 Å². The number of allylic oxidation sites excluding steroid dienone is 8. The Morgan fingerprint density at radius 2 is 1.56 bits per heavy atom. The van der Waals surface area contributed by atoms with Gasteiger partial charge in [0, 0.05) is 18.3 Å². The lowest BCUT2D eigenvalue weighted by atomic mass is 9.71. The van der Waals surface area contributed by atoms with Crippen LogP contribution in [-0.4, -0.2) is 12.2 Å². The van der Waals surface area contributed by atoms with Crippen molar-refractivity contribution in [1.29, 1.82) is 0 Å². The van der Waals surface area contributed by atoms with Crippen molar-refractivity contribution in [2.24, 2.45) is 5.41 Å². The fraction of sp³-hybridized carbons (Fsp3) is 0.500. The molecule has 0 radical (unpaired) electrons. The Balaban J connectivity index is 2.22. The maximum absolute atomic E-state index is 9.45. The molecule has 0 atom stereocenters. The molecular formula is C16H22O2. The largest absolute Gasteiger partial charge is 0.512 e. The molecule has 2 heteroatoms. The third-order valence-electron chi connectivity index (χ3n) is 4.11. The number of ether oxygens (including phenoxy) is 1. The van der Waals surface area contributed by atoms with E-state index in [1.807, 2.05) is 6.08 Å². The van der Waals surface area contributed by atoms with E-state index in [4.69, 9.17) is 4.74 Å². The zero-order valence-electron chi connectivity index (χ0n) is 11.5. The smallest absolute Gasteiger partial charge is 0.0958 e. The summed E-state index contributed by atoms with van der Waals surface area (Å²) in [6.07, 6.45) is 11.9. The van der Waals surface area contributed by atoms with E-state index in [0.717, 1.165) is 31.4 Å². The van der Waals surface area contributed by atoms with E-state index in [1.54, 1.807) is 7.11 Å². The summed E-state index contributed by atoms with van der Waals surface area (Å²) < 4.78 is 5.27. The van der Waals surface area contributed by atoms with Gasteiger partial charge in [-0.2, -0.15) is 0 Å². The molecule has 2 rings (SSSR count). The van der Waals surface area contributed by atoms with Crippen molar-refractivity contribution in [2.45, 2.75) is 39.5 Å². The van der Waals surface area contributed by atoms with Crippen molar-refractivity contribution >= 4 is 0 Å². The van der Waals surface area contributed by atoms with Crippen LogP contribution in [0.2, 0.25) is 0 Å². The zero-order chi connectivity index (χ0) is 13.2. The zero-order valence-corrected chi connectivity index (χ0v) is 11.5. The summed E-state index contributed by atoms with van der Waals surface area (Å²) in [6, 6.07) is 0. The number of methoxy groups -OCH3 is 1. The summed E-state index contributed by atoms with van der Waals surface area (Å²) in [5.41, 5.74) is 2.93. The molecule has 1 N–H and O–H groups in total. The lowest BCUT2D eigenvalue weighted by Crippen LogP contribution is -2.20. The fourth-order valence-electron chi connectivity index (χ4n) is 2.66. The van der Waals surface area contributed by atoms with Gasteiger partial charge in [-0.3, -0.25) is 0 Å². The van der Waals surface area contributed by atoms with Crippen molar-refractivity contribution in [2.75, 3.05) is 7.11 Å². The summed E-state index contributed by atoms with van der Waals surface area (Å²) >= 11 is 0. The molecule has 0 amide bonds. The van der Waals surface area contributed by atoms with Gasteiger partial charge in [0.05, 0.1) is 18.6 Å². The average molecular weight is 246 g/mol. The van der Waals surface area contributed by atoms with Crippen LogP contribution in [0.4, 0.5) is 0 Å². The quantitative estimate of drug-likeness (QED) is 0.798. The Morgan fingerprint density at radius 3 is 2.00 bits per heavy atom. The molecule has 0 fully saturated rings. The monoisotopic (exact) mass is 246 g/mol. The van der Waals surface area contributed by atoms with E-state index in [-0.39, 0.29) is 5.41 Å². The minimum atomic E-state index is 0.0764. The van der Waals surface area contributed by atoms with Crippen LogP contribution in [0.5, 0.6) is 0 Å². The van der Waals surface area contributed by atoms with Gasteiger partial charge in [-0.05, 0) is 25.0 Å². The molecule has 18 heavy (non-hydrogen) atoms. The minimum absolute atomic E-state index is 0.0764. The third-order valence-corrected chi connectivity index (χ3v) is 4.11. The Labute approximate surface area is 109 Å². The molecule has 0 aliphatic heterocycles. The van der Waals surface area contributed by atoms with E-state index in [9.17, 15) is 5.11 Å². The number of rotatable bonds is 3. The highest BCUT2D eigenvalue weighted by Crippen LogP contribution is 2.42. The van der Waals surface area contributed by atoms with Crippen molar-refractivity contribution in [3.63, 3.8) is 0 Å². The summed E-state index contributed by atoms with van der Waals surface area (Å²) in [4.78, 5) is 0. The normalized spacial score (nSPS) is 20.6. The number of aliphatic hydroxyl groups is 1. The van der Waals surface area contributed by atoms with E-state index in [0.29, 0.717) is 5.76 Å². The van der Waals surface area contributed by atoms with Crippen molar-refractivity contribution in [1.82, 2.24) is 0 Å². The van der Waals surface area contributed by atoms with Gasteiger partial charge in [0.25, 0.3) is 0 Å². The maximum Gasteiger partial charge on any atom is 0.0958 e. The molecule has 98 valence electrons. The molecule has 2 nitrogen and oxygen atoms in total. The Bertz CT molecular complexity index is 448. The average Bonchev–Trinajstić information content (AvgIpc) is 2.39. The van der Waals surface area contributed by atoms with Crippen LogP contribution in [0.3, 0.4) is 0 Å². The van der Waals surface area contributed by atoms with Crippen LogP contribution < -0.4 is 0 Å². The van der Waals surface area contributed by atoms with Crippen molar-refractivity contribution in [3.05, 3.63) is 47.0 Å². The first kappa shape index (κ1) is 13.0. The Hall–Kier alpha value is -1.44. The van der Waals surface area contributed by atoms with E-state index in [1.165, 1.54) is 11.1 Å². The fourth-order valence-corrected chi connectivity index (χ4v) is 2.66. The number of hydrogen-bond acceptors (Lipinski definition) is 2. The van der Waals surface area contributed by atoms with Crippen molar-refractivity contribution in [3.8, 4) is 0 Å². The van der Waals surface area contributed by atoms with E-state index >= 15 is 0 Å². The molecule has 0 heterocycles. The number of hydrogen-bond donors (Lipinski definition) is 1. The van der Waals surface area contributed by atoms with Gasteiger partial charge in [0.2, 0.25) is 0 Å². The Kier molecular flexibility index (Phi) is 3.65. The topological polar surface area (TPSA) is 29.5 Å². The first-order chi connectivity index (χ1) is 8.54. The number of aliphatic hydroxyl groups excluding tert-OH is 1. The van der Waals surface area contributed by atoms with Crippen LogP contribution in [0.15, 0.2) is 47.0 Å². The van der Waals surface area contributed by atoms with Crippen LogP contribution in [0.25, 0.3) is 0 Å². The molecule has 0 saturated heterocycles. The standard InChI is InChI=1S/C16H22O2/c1-16(2,12-4-8-14(17)9-5-12)13-6-10-15(18-3)11-7-13/h4,6,8,10,17H,5,7,9,11H2,1-3H3. The summed E-state index contributed by atoms with van der Waals surface area (Å²) in [5, 5.41) is 9.45. The van der Waals surface area contributed by atoms with Gasteiger partial charge in [-0.15, -0.1) is 0 Å². The molecule has 0 spiro atoms. The molecule has 0 bridgehead atoms. The predicted octanol–water partition coefficient (Wildman–Crippen LogP) is 4.43. The second-order valence-electron chi connectivity index (χ2n) is 5.50. The van der Waals surface area contributed by atoms with Gasteiger partial charge in [-0.1, -0.05) is 37.1 Å². The van der Waals surface area contributed by atoms with Gasteiger partial charge >= 0.3 is 0 Å². The van der Waals surface area contributed by atoms with Crippen LogP contribution >= 0.6 is 0 Å². The van der Waals surface area contributed by atoms with Crippen LogP contribution in [0.1, 0.15) is 39.5 Å². The molecule has 0 aromatic heterocycles. The first-order valence-corrected chi connectivity index (χ1v) is 6.57. The summed E-state index contributed by atoms with van der Waals surface area (Å²) in [7, 11) is 1.73. The second-order valence-corrected chi connectivity index (χ2v) is 5.50. The third kappa shape index (κ3) is 2.53. The van der Waals surface area contributed by atoms with Gasteiger partial charge in [-0.25, -0.2) is 0 Å². The highest BCUT2D eigenvalue weighted by Gasteiger charge is 2.29. The van der Waals surface area contributed by atoms with Crippen LogP contribution in [0, 0.1) is 5.41 Å². The van der Waals surface area contributed by atoms with Gasteiger partial charge < -0.3 is 9.84 Å². The summed E-state index contributed by atoms with van der Waals surface area (Å²) in [6.45, 7) is 4.54. The predicted molar refractivity (Wildman–Crippen MR) is 74.2 cm³/mol. The molecule has 0 unspecified atom stereocenters.